The highest BCUT2D eigenvalue weighted by Gasteiger charge is 2.06. The Morgan fingerprint density at radius 2 is 2.27 bits per heavy atom. The second-order valence-electron chi connectivity index (χ2n) is 2.98. The molecule has 0 aliphatic rings. The molecule has 1 rings (SSSR count). The second-order valence-corrected chi connectivity index (χ2v) is 3.39. The minimum absolute atomic E-state index is 0.0852. The van der Waals surface area contributed by atoms with E-state index in [1.54, 1.807) is 7.11 Å². The number of hydrogen-bond acceptors (Lipinski definition) is 5. The van der Waals surface area contributed by atoms with Crippen molar-refractivity contribution in [3.8, 4) is 6.01 Å². The van der Waals surface area contributed by atoms with Gasteiger partial charge in [0.1, 0.15) is 5.02 Å². The van der Waals surface area contributed by atoms with Crippen molar-refractivity contribution in [2.24, 2.45) is 0 Å². The van der Waals surface area contributed by atoms with E-state index in [-0.39, 0.29) is 12.1 Å². The van der Waals surface area contributed by atoms with Crippen LogP contribution < -0.4 is 10.1 Å². The van der Waals surface area contributed by atoms with Gasteiger partial charge in [-0.15, -0.1) is 0 Å². The van der Waals surface area contributed by atoms with Gasteiger partial charge < -0.3 is 14.8 Å². The standard InChI is InChI=1S/C9H14ClN3O2/c1-6(14-2)4-11-8-7(10)5-12-9(13-8)15-3/h5-6H,4H2,1-3H3,(H,11,12,13). The Bertz CT molecular complexity index is 322. The average Bonchev–Trinajstić information content (AvgIpc) is 2.27. The number of aromatic nitrogens is 2. The van der Waals surface area contributed by atoms with E-state index in [9.17, 15) is 0 Å². The summed E-state index contributed by atoms with van der Waals surface area (Å²) in [6, 6.07) is 0.284. The van der Waals surface area contributed by atoms with Crippen molar-refractivity contribution in [3.05, 3.63) is 11.2 Å². The fourth-order valence-electron chi connectivity index (χ4n) is 0.897. The van der Waals surface area contributed by atoms with E-state index < -0.39 is 0 Å². The van der Waals surface area contributed by atoms with E-state index in [0.29, 0.717) is 17.4 Å². The van der Waals surface area contributed by atoms with Crippen LogP contribution in [0.4, 0.5) is 5.82 Å². The van der Waals surface area contributed by atoms with Crippen molar-refractivity contribution in [3.63, 3.8) is 0 Å². The predicted molar refractivity (Wildman–Crippen MR) is 58.6 cm³/mol. The molecule has 1 atom stereocenters. The van der Waals surface area contributed by atoms with Gasteiger partial charge in [0.05, 0.1) is 19.4 Å². The number of halogens is 1. The number of nitrogens with one attached hydrogen (secondary N) is 1. The van der Waals surface area contributed by atoms with Crippen LogP contribution in [0.1, 0.15) is 6.92 Å². The lowest BCUT2D eigenvalue weighted by Crippen LogP contribution is -2.19. The molecule has 1 aromatic heterocycles. The lowest BCUT2D eigenvalue weighted by molar-refractivity contribution is 0.128. The lowest BCUT2D eigenvalue weighted by atomic mass is 10.4. The van der Waals surface area contributed by atoms with Crippen LogP contribution in [0.25, 0.3) is 0 Å². The third-order valence-corrected chi connectivity index (χ3v) is 2.14. The molecule has 0 aliphatic carbocycles. The smallest absolute Gasteiger partial charge is 0.318 e. The largest absolute Gasteiger partial charge is 0.467 e. The SMILES string of the molecule is COc1ncc(Cl)c(NCC(C)OC)n1. The van der Waals surface area contributed by atoms with E-state index in [0.717, 1.165) is 0 Å². The highest BCUT2D eigenvalue weighted by atomic mass is 35.5. The molecule has 1 unspecified atom stereocenters. The van der Waals surface area contributed by atoms with Crippen molar-refractivity contribution in [2.45, 2.75) is 13.0 Å². The lowest BCUT2D eigenvalue weighted by Gasteiger charge is -2.12. The van der Waals surface area contributed by atoms with E-state index in [2.05, 4.69) is 15.3 Å². The van der Waals surface area contributed by atoms with Gasteiger partial charge in [-0.25, -0.2) is 4.98 Å². The van der Waals surface area contributed by atoms with E-state index in [1.165, 1.54) is 13.3 Å². The van der Waals surface area contributed by atoms with Gasteiger partial charge >= 0.3 is 6.01 Å². The van der Waals surface area contributed by atoms with Gasteiger partial charge in [0.2, 0.25) is 0 Å². The first-order valence-corrected chi connectivity index (χ1v) is 4.88. The third-order valence-electron chi connectivity index (χ3n) is 1.86. The first-order chi connectivity index (χ1) is 7.17. The zero-order valence-electron chi connectivity index (χ0n) is 8.95. The monoisotopic (exact) mass is 231 g/mol. The molecule has 1 aromatic rings. The summed E-state index contributed by atoms with van der Waals surface area (Å²) in [5, 5.41) is 3.51. The highest BCUT2D eigenvalue weighted by molar-refractivity contribution is 6.32. The molecule has 0 saturated heterocycles. The van der Waals surface area contributed by atoms with Gasteiger partial charge in [0.25, 0.3) is 0 Å². The summed E-state index contributed by atoms with van der Waals surface area (Å²) < 4.78 is 9.98. The van der Waals surface area contributed by atoms with Crippen LogP contribution in [-0.2, 0) is 4.74 Å². The van der Waals surface area contributed by atoms with Crippen LogP contribution in [0, 0.1) is 0 Å². The minimum Gasteiger partial charge on any atom is -0.467 e. The molecule has 0 aromatic carbocycles. The van der Waals surface area contributed by atoms with Crippen LogP contribution >= 0.6 is 11.6 Å². The molecule has 0 bridgehead atoms. The van der Waals surface area contributed by atoms with Gasteiger partial charge in [0.15, 0.2) is 5.82 Å². The molecule has 84 valence electrons. The van der Waals surface area contributed by atoms with Gasteiger partial charge in [-0.2, -0.15) is 4.98 Å². The van der Waals surface area contributed by atoms with Crippen molar-refractivity contribution in [1.29, 1.82) is 0 Å². The molecule has 0 spiro atoms. The maximum Gasteiger partial charge on any atom is 0.318 e. The van der Waals surface area contributed by atoms with Gasteiger partial charge in [-0.05, 0) is 6.92 Å². The molecule has 0 amide bonds. The summed E-state index contributed by atoms with van der Waals surface area (Å²) in [7, 11) is 3.15. The van der Waals surface area contributed by atoms with Crippen molar-refractivity contribution in [2.75, 3.05) is 26.1 Å². The summed E-state index contributed by atoms with van der Waals surface area (Å²) in [5.41, 5.74) is 0. The molecular formula is C9H14ClN3O2. The quantitative estimate of drug-likeness (QED) is 0.834. The first-order valence-electron chi connectivity index (χ1n) is 4.50. The first kappa shape index (κ1) is 12.0. The van der Waals surface area contributed by atoms with Crippen molar-refractivity contribution >= 4 is 17.4 Å². The van der Waals surface area contributed by atoms with Crippen LogP contribution in [-0.4, -0.2) is 36.8 Å². The molecule has 0 fully saturated rings. The Morgan fingerprint density at radius 1 is 1.53 bits per heavy atom. The average molecular weight is 232 g/mol. The Balaban J connectivity index is 2.66. The topological polar surface area (TPSA) is 56.3 Å². The van der Waals surface area contributed by atoms with Gasteiger partial charge in [0, 0.05) is 13.7 Å². The number of anilines is 1. The van der Waals surface area contributed by atoms with E-state index in [4.69, 9.17) is 21.1 Å². The molecule has 0 aliphatic heterocycles. The fourth-order valence-corrected chi connectivity index (χ4v) is 1.05. The number of methoxy groups -OCH3 is 2. The van der Waals surface area contributed by atoms with Crippen molar-refractivity contribution in [1.82, 2.24) is 9.97 Å². The Morgan fingerprint density at radius 3 is 2.87 bits per heavy atom. The van der Waals surface area contributed by atoms with E-state index in [1.807, 2.05) is 6.92 Å². The van der Waals surface area contributed by atoms with E-state index >= 15 is 0 Å². The summed E-state index contributed by atoms with van der Waals surface area (Å²) >= 11 is 5.90. The maximum atomic E-state index is 5.90. The molecule has 1 heterocycles. The normalized spacial score (nSPS) is 12.3. The number of hydrogen-bond donors (Lipinski definition) is 1. The Labute approximate surface area is 93.8 Å². The number of rotatable bonds is 5. The summed E-state index contributed by atoms with van der Waals surface area (Å²) in [6.07, 6.45) is 1.58. The summed E-state index contributed by atoms with van der Waals surface area (Å²) in [4.78, 5) is 7.93. The summed E-state index contributed by atoms with van der Waals surface area (Å²) in [5.74, 6) is 0.549. The van der Waals surface area contributed by atoms with Crippen LogP contribution in [0.2, 0.25) is 5.02 Å². The number of ether oxygens (including phenoxy) is 2. The molecule has 0 radical (unpaired) electrons. The third kappa shape index (κ3) is 3.53. The Hall–Kier alpha value is -1.07. The van der Waals surface area contributed by atoms with Gasteiger partial charge in [-0.1, -0.05) is 11.6 Å². The molecule has 5 nitrogen and oxygen atoms in total. The minimum atomic E-state index is 0.0852. The molecular weight excluding hydrogens is 218 g/mol. The second kappa shape index (κ2) is 5.72. The number of nitrogens with zero attached hydrogens (tertiary/aromatic N) is 2. The van der Waals surface area contributed by atoms with Gasteiger partial charge in [-0.3, -0.25) is 0 Å². The van der Waals surface area contributed by atoms with Crippen LogP contribution in [0.15, 0.2) is 6.20 Å². The zero-order chi connectivity index (χ0) is 11.3. The molecule has 15 heavy (non-hydrogen) atoms. The fraction of sp³-hybridized carbons (Fsp3) is 0.556. The van der Waals surface area contributed by atoms with Crippen LogP contribution in [0.3, 0.4) is 0 Å². The Kier molecular flexibility index (Phi) is 4.58. The van der Waals surface area contributed by atoms with Crippen LogP contribution in [0.5, 0.6) is 6.01 Å². The summed E-state index contributed by atoms with van der Waals surface area (Å²) in [6.45, 7) is 2.57. The highest BCUT2D eigenvalue weighted by Crippen LogP contribution is 2.19. The zero-order valence-corrected chi connectivity index (χ0v) is 9.71. The molecule has 1 N–H and O–H groups in total. The predicted octanol–water partition coefficient (Wildman–Crippen LogP) is 1.59. The molecule has 6 heteroatoms. The molecule has 0 saturated carbocycles. The van der Waals surface area contributed by atoms with Crippen molar-refractivity contribution < 1.29 is 9.47 Å². The maximum absolute atomic E-state index is 5.90.